The van der Waals surface area contributed by atoms with Gasteiger partial charge in [-0.15, -0.1) is 0 Å². The topological polar surface area (TPSA) is 61.1 Å². The molecule has 2 aromatic carbocycles. The fourth-order valence-electron chi connectivity index (χ4n) is 2.59. The molecule has 0 saturated carbocycles. The van der Waals surface area contributed by atoms with Gasteiger partial charge < -0.3 is 5.21 Å². The molecule has 0 aliphatic carbocycles. The normalized spacial score (nSPS) is 13.1. The van der Waals surface area contributed by atoms with Crippen LogP contribution in [0, 0.1) is 5.21 Å². The van der Waals surface area contributed by atoms with Gasteiger partial charge in [-0.1, -0.05) is 42.5 Å². The zero-order valence-electron chi connectivity index (χ0n) is 12.0. The van der Waals surface area contributed by atoms with E-state index >= 15 is 0 Å². The minimum Gasteiger partial charge on any atom is -0.618 e. The van der Waals surface area contributed by atoms with E-state index in [1.165, 1.54) is 18.3 Å². The first-order chi connectivity index (χ1) is 10.5. The minimum atomic E-state index is -3.76. The van der Waals surface area contributed by atoms with Crippen LogP contribution in [-0.4, -0.2) is 8.42 Å². The number of hydrogen-bond acceptors (Lipinski definition) is 3. The van der Waals surface area contributed by atoms with Crippen LogP contribution in [0.4, 0.5) is 0 Å². The summed E-state index contributed by atoms with van der Waals surface area (Å²) in [6, 6.07) is 17.6. The van der Waals surface area contributed by atoms with Crippen LogP contribution in [0.2, 0.25) is 0 Å². The molecular weight excluding hydrogens is 298 g/mol. The highest BCUT2D eigenvalue weighted by molar-refractivity contribution is 7.91. The summed E-state index contributed by atoms with van der Waals surface area (Å²) >= 11 is 0. The maximum Gasteiger partial charge on any atom is 0.309 e. The molecule has 1 heterocycles. The molecule has 0 spiro atoms. The van der Waals surface area contributed by atoms with E-state index in [9.17, 15) is 13.6 Å². The van der Waals surface area contributed by atoms with Crippen LogP contribution in [0.25, 0.3) is 10.8 Å². The smallest absolute Gasteiger partial charge is 0.309 e. The van der Waals surface area contributed by atoms with E-state index in [0.717, 1.165) is 10.8 Å². The number of benzene rings is 2. The van der Waals surface area contributed by atoms with Gasteiger partial charge in [0.2, 0.25) is 9.84 Å². The van der Waals surface area contributed by atoms with E-state index in [4.69, 9.17) is 0 Å². The molecule has 0 radical (unpaired) electrons. The molecule has 0 N–H and O–H groups in total. The largest absolute Gasteiger partial charge is 0.618 e. The highest BCUT2D eigenvalue weighted by Crippen LogP contribution is 2.31. The lowest BCUT2D eigenvalue weighted by Gasteiger charge is -2.15. The molecule has 3 aromatic rings. The molecule has 0 fully saturated rings. The average Bonchev–Trinajstić information content (AvgIpc) is 2.54. The summed E-state index contributed by atoms with van der Waals surface area (Å²) in [7, 11) is -3.76. The number of sulfone groups is 1. The summed E-state index contributed by atoms with van der Waals surface area (Å²) in [5.41, 5.74) is 0.696. The van der Waals surface area contributed by atoms with Gasteiger partial charge >= 0.3 is 5.03 Å². The number of hydrogen-bond donors (Lipinski definition) is 0. The maximum absolute atomic E-state index is 12.8. The van der Waals surface area contributed by atoms with E-state index in [2.05, 4.69) is 0 Å². The highest BCUT2D eigenvalue weighted by Gasteiger charge is 2.32. The van der Waals surface area contributed by atoms with E-state index in [-0.39, 0.29) is 5.03 Å². The standard InChI is InChI=1S/C17H15NO3S/c1-13(22(20,21)17-11-4-5-12-18(17)19)15-10-6-8-14-7-2-3-9-16(14)15/h2-13H,1H3. The minimum absolute atomic E-state index is 0.226. The van der Waals surface area contributed by atoms with Crippen LogP contribution in [0.15, 0.2) is 71.9 Å². The molecule has 1 atom stereocenters. The number of pyridine rings is 1. The summed E-state index contributed by atoms with van der Waals surface area (Å²) in [5, 5.41) is 12.6. The van der Waals surface area contributed by atoms with Gasteiger partial charge in [-0.05, 0) is 29.3 Å². The fraction of sp³-hybridized carbons (Fsp3) is 0.118. The molecule has 4 nitrogen and oxygen atoms in total. The third-order valence-corrected chi connectivity index (χ3v) is 5.89. The number of fused-ring (bicyclic) bond motifs is 1. The quantitative estimate of drug-likeness (QED) is 0.551. The van der Waals surface area contributed by atoms with Crippen molar-refractivity contribution in [2.24, 2.45) is 0 Å². The molecule has 0 aliphatic rings. The Hall–Kier alpha value is -2.40. The Morgan fingerprint density at radius 3 is 2.41 bits per heavy atom. The Labute approximate surface area is 129 Å². The predicted octanol–water partition coefficient (Wildman–Crippen LogP) is 3.01. The third kappa shape index (κ3) is 2.33. The van der Waals surface area contributed by atoms with Crippen LogP contribution >= 0.6 is 0 Å². The van der Waals surface area contributed by atoms with Crippen LogP contribution in [0.1, 0.15) is 17.7 Å². The Kier molecular flexibility index (Phi) is 3.58. The second kappa shape index (κ2) is 5.42. The van der Waals surface area contributed by atoms with Crippen molar-refractivity contribution < 1.29 is 13.1 Å². The van der Waals surface area contributed by atoms with Crippen molar-refractivity contribution in [3.63, 3.8) is 0 Å². The molecule has 5 heteroatoms. The van der Waals surface area contributed by atoms with Crippen molar-refractivity contribution in [3.8, 4) is 0 Å². The lowest BCUT2D eigenvalue weighted by Crippen LogP contribution is -2.34. The van der Waals surface area contributed by atoms with Crippen LogP contribution in [-0.2, 0) is 9.84 Å². The summed E-state index contributed by atoms with van der Waals surface area (Å²) in [6.45, 7) is 1.62. The molecule has 112 valence electrons. The first-order valence-electron chi connectivity index (χ1n) is 6.91. The highest BCUT2D eigenvalue weighted by atomic mass is 32.2. The lowest BCUT2D eigenvalue weighted by atomic mass is 10.0. The molecule has 1 aromatic heterocycles. The average molecular weight is 313 g/mol. The van der Waals surface area contributed by atoms with Gasteiger partial charge in [-0.2, -0.15) is 4.73 Å². The van der Waals surface area contributed by atoms with Gasteiger partial charge in [0.15, 0.2) is 6.20 Å². The summed E-state index contributed by atoms with van der Waals surface area (Å²) < 4.78 is 26.0. The molecule has 3 rings (SSSR count). The van der Waals surface area contributed by atoms with Crippen molar-refractivity contribution in [1.82, 2.24) is 0 Å². The second-order valence-corrected chi connectivity index (χ2v) is 7.34. The van der Waals surface area contributed by atoms with E-state index in [1.54, 1.807) is 19.1 Å². The van der Waals surface area contributed by atoms with Crippen LogP contribution in [0.3, 0.4) is 0 Å². The van der Waals surface area contributed by atoms with Gasteiger partial charge in [0, 0.05) is 12.1 Å². The Bertz CT molecular complexity index is 930. The Morgan fingerprint density at radius 1 is 0.955 bits per heavy atom. The van der Waals surface area contributed by atoms with Gasteiger partial charge in [0.25, 0.3) is 0 Å². The Balaban J connectivity index is 2.17. The first-order valence-corrected chi connectivity index (χ1v) is 8.46. The van der Waals surface area contributed by atoms with Gasteiger partial charge in [-0.3, -0.25) is 0 Å². The SMILES string of the molecule is CC(c1cccc2ccccc12)S(=O)(=O)c1cccc[n+]1[O-]. The number of rotatable bonds is 3. The van der Waals surface area contributed by atoms with E-state index in [1.807, 2.05) is 36.4 Å². The van der Waals surface area contributed by atoms with E-state index in [0.29, 0.717) is 10.3 Å². The zero-order valence-corrected chi connectivity index (χ0v) is 12.8. The number of nitrogens with zero attached hydrogens (tertiary/aromatic N) is 1. The monoisotopic (exact) mass is 313 g/mol. The zero-order chi connectivity index (χ0) is 15.7. The molecule has 22 heavy (non-hydrogen) atoms. The van der Waals surface area contributed by atoms with Crippen LogP contribution in [0.5, 0.6) is 0 Å². The second-order valence-electron chi connectivity index (χ2n) is 5.12. The fourth-order valence-corrected chi connectivity index (χ4v) is 4.07. The van der Waals surface area contributed by atoms with Crippen molar-refractivity contribution in [1.29, 1.82) is 0 Å². The van der Waals surface area contributed by atoms with Crippen molar-refractivity contribution in [2.45, 2.75) is 17.2 Å². The van der Waals surface area contributed by atoms with Gasteiger partial charge in [-0.25, -0.2) is 8.42 Å². The molecular formula is C17H15NO3S. The van der Waals surface area contributed by atoms with Crippen molar-refractivity contribution >= 4 is 20.6 Å². The van der Waals surface area contributed by atoms with Crippen LogP contribution < -0.4 is 4.73 Å². The van der Waals surface area contributed by atoms with Crippen molar-refractivity contribution in [3.05, 3.63) is 77.6 Å². The molecule has 0 aliphatic heterocycles. The molecule has 0 saturated heterocycles. The van der Waals surface area contributed by atoms with Gasteiger partial charge in [0.1, 0.15) is 0 Å². The van der Waals surface area contributed by atoms with Gasteiger partial charge in [0.05, 0.1) is 5.25 Å². The maximum atomic E-state index is 12.8. The van der Waals surface area contributed by atoms with E-state index < -0.39 is 15.1 Å². The number of aromatic nitrogens is 1. The Morgan fingerprint density at radius 2 is 1.64 bits per heavy atom. The lowest BCUT2D eigenvalue weighted by molar-refractivity contribution is -0.646. The predicted molar refractivity (Wildman–Crippen MR) is 85.0 cm³/mol. The third-order valence-electron chi connectivity index (χ3n) is 3.81. The summed E-state index contributed by atoms with van der Waals surface area (Å²) in [5.74, 6) is 0. The first kappa shape index (κ1) is 14.5. The van der Waals surface area contributed by atoms with Crippen molar-refractivity contribution in [2.75, 3.05) is 0 Å². The summed E-state index contributed by atoms with van der Waals surface area (Å²) in [4.78, 5) is 0. The molecule has 0 bridgehead atoms. The molecule has 1 unspecified atom stereocenters. The summed E-state index contributed by atoms with van der Waals surface area (Å²) in [6.07, 6.45) is 1.20. The molecule has 0 amide bonds.